The number of hydrogen-bond donors (Lipinski definition) is 19. The number of phenolic OH excluding ortho intramolecular Hbond substituents is 2. The molecule has 4 rings (SSSR count). The van der Waals surface area contributed by atoms with Crippen LogP contribution in [0.3, 0.4) is 0 Å². The van der Waals surface area contributed by atoms with E-state index in [0.29, 0.717) is 22.3 Å². The van der Waals surface area contributed by atoms with Gasteiger partial charge in [0, 0.05) is 32.4 Å². The van der Waals surface area contributed by atoms with Gasteiger partial charge in [0.25, 0.3) is 0 Å². The molecule has 33 heteroatoms. The first-order valence-corrected chi connectivity index (χ1v) is 33.4. The molecule has 9 atom stereocenters. The highest BCUT2D eigenvalue weighted by atomic mass is 16.3. The highest BCUT2D eigenvalue weighted by Crippen LogP contribution is 2.16. The SMILES string of the molecule is CC(C)C[C@H](NC(=O)[C@H](Cc1ccccc1)NC(=O)CNC(=O)[C@@H](C)NC(=O)[C@H](Cc1ccc(O)cc1)NC(=O)[C@H](CCCN=C(N)N)NC(=O)[C@H](CCCN=C(N)N)NC(=O)[C@H](CC(C)C)NC(=O)[C@H](Cc1ccccc1)NC(=O)CNC(=O)CNC(=O)[C@@H](N)Cc1ccc(O)cc1)C(N)=O. The van der Waals surface area contributed by atoms with Crippen LogP contribution in [-0.2, 0) is 83.2 Å². The van der Waals surface area contributed by atoms with E-state index in [2.05, 4.69) is 68.5 Å². The van der Waals surface area contributed by atoms with Crippen LogP contribution in [0.2, 0.25) is 0 Å². The van der Waals surface area contributed by atoms with Gasteiger partial charge in [-0.3, -0.25) is 67.5 Å². The van der Waals surface area contributed by atoms with E-state index in [1.165, 1.54) is 43.3 Å². The largest absolute Gasteiger partial charge is 0.508 e. The molecule has 0 fully saturated rings. The minimum Gasteiger partial charge on any atom is -0.508 e. The minimum atomic E-state index is -1.51. The van der Waals surface area contributed by atoms with Gasteiger partial charge in [-0.25, -0.2) is 0 Å². The van der Waals surface area contributed by atoms with E-state index in [0.717, 1.165) is 0 Å². The first-order valence-electron chi connectivity index (χ1n) is 33.4. The molecule has 0 aromatic heterocycles. The summed E-state index contributed by atoms with van der Waals surface area (Å²) in [6.45, 7) is 6.63. The molecule has 0 saturated heterocycles. The maximum Gasteiger partial charge on any atom is 0.243 e. The van der Waals surface area contributed by atoms with Crippen molar-refractivity contribution in [3.63, 3.8) is 0 Å². The molecular weight excluding hydrogens is 1320 g/mol. The fraction of sp³-hybridized carbons (Fsp3) is 0.449. The second kappa shape index (κ2) is 43.2. The molecule has 33 nitrogen and oxygen atoms in total. The average Bonchev–Trinajstić information content (AvgIpc) is 0.888. The number of nitrogens with zero attached hydrogens (tertiary/aromatic N) is 2. The summed E-state index contributed by atoms with van der Waals surface area (Å²) in [7, 11) is 0. The van der Waals surface area contributed by atoms with E-state index in [1.807, 2.05) is 13.8 Å². The quantitative estimate of drug-likeness (QED) is 0.0117. The topological polar surface area (TPSA) is 558 Å². The van der Waals surface area contributed by atoms with Crippen molar-refractivity contribution in [2.75, 3.05) is 32.7 Å². The lowest BCUT2D eigenvalue weighted by molar-refractivity contribution is -0.135. The van der Waals surface area contributed by atoms with Crippen molar-refractivity contribution >= 4 is 82.8 Å². The lowest BCUT2D eigenvalue weighted by Crippen LogP contribution is -2.60. The van der Waals surface area contributed by atoms with Crippen molar-refractivity contribution < 1.29 is 67.7 Å². The molecule has 102 heavy (non-hydrogen) atoms. The average molecular weight is 1420 g/mol. The lowest BCUT2D eigenvalue weighted by atomic mass is 10.00. The smallest absolute Gasteiger partial charge is 0.243 e. The zero-order valence-corrected chi connectivity index (χ0v) is 58.0. The molecule has 0 aliphatic rings. The number of amides is 12. The summed E-state index contributed by atoms with van der Waals surface area (Å²) in [5.41, 5.74) is 36.4. The summed E-state index contributed by atoms with van der Waals surface area (Å²) in [6, 6.07) is 17.1. The zero-order valence-electron chi connectivity index (χ0n) is 58.0. The first kappa shape index (κ1) is 83.0. The van der Waals surface area contributed by atoms with E-state index >= 15 is 0 Å². The maximum absolute atomic E-state index is 14.7. The van der Waals surface area contributed by atoms with Crippen LogP contribution in [0, 0.1) is 11.8 Å². The van der Waals surface area contributed by atoms with Crippen LogP contribution in [0.5, 0.6) is 11.5 Å². The Morgan fingerprint density at radius 2 is 0.696 bits per heavy atom. The van der Waals surface area contributed by atoms with Crippen LogP contribution in [-0.4, -0.2) is 180 Å². The monoisotopic (exact) mass is 1420 g/mol. The van der Waals surface area contributed by atoms with Gasteiger partial charge < -0.3 is 103 Å². The van der Waals surface area contributed by atoms with E-state index in [9.17, 15) is 67.7 Å². The van der Waals surface area contributed by atoms with E-state index in [-0.39, 0.29) is 113 Å². The van der Waals surface area contributed by atoms with Gasteiger partial charge in [0.05, 0.1) is 25.7 Å². The van der Waals surface area contributed by atoms with E-state index < -0.39 is 145 Å². The number of primary amides is 1. The van der Waals surface area contributed by atoms with Crippen LogP contribution >= 0.6 is 0 Å². The summed E-state index contributed by atoms with van der Waals surface area (Å²) in [5.74, 6) is -10.7. The van der Waals surface area contributed by atoms with Gasteiger partial charge in [-0.15, -0.1) is 0 Å². The predicted molar refractivity (Wildman–Crippen MR) is 380 cm³/mol. The molecule has 12 amide bonds. The fourth-order valence-corrected chi connectivity index (χ4v) is 10.2. The summed E-state index contributed by atoms with van der Waals surface area (Å²) >= 11 is 0. The third kappa shape index (κ3) is 32.1. The molecule has 0 radical (unpaired) electrons. The fourth-order valence-electron chi connectivity index (χ4n) is 10.2. The summed E-state index contributed by atoms with van der Waals surface area (Å²) < 4.78 is 0. The molecule has 0 heterocycles. The van der Waals surface area contributed by atoms with Crippen LogP contribution < -0.4 is 92.9 Å². The van der Waals surface area contributed by atoms with Crippen LogP contribution in [0.4, 0.5) is 0 Å². The van der Waals surface area contributed by atoms with Crippen molar-refractivity contribution in [2.24, 2.45) is 56.2 Å². The third-order valence-corrected chi connectivity index (χ3v) is 15.5. The number of hydrogen-bond acceptors (Lipinski definition) is 17. The van der Waals surface area contributed by atoms with Gasteiger partial charge in [-0.1, -0.05) is 113 Å². The molecule has 25 N–H and O–H groups in total. The minimum absolute atomic E-state index is 0.00218. The maximum atomic E-state index is 14.7. The molecular formula is C69H99N19O14. The summed E-state index contributed by atoms with van der Waals surface area (Å²) in [4.78, 5) is 173. The Labute approximate surface area is 591 Å². The number of aromatic hydroxyl groups is 2. The number of carbonyl (C=O) groups is 12. The van der Waals surface area contributed by atoms with Crippen molar-refractivity contribution in [2.45, 2.75) is 153 Å². The van der Waals surface area contributed by atoms with Gasteiger partial charge >= 0.3 is 0 Å². The molecule has 4 aromatic carbocycles. The van der Waals surface area contributed by atoms with E-state index in [1.54, 1.807) is 86.6 Å². The standard InChI is InChI=1S/C69H99N19O14/c1-39(2)30-51(59(71)94)86-66(101)53(33-42-14-8-6-9-15-42)83-58(93)38-79-60(95)41(5)81-64(99)55(35-45-22-26-47(90)27-23-45)88-63(98)50(19-13-29-77-69(74)75)84-62(97)49(18-12-28-76-68(72)73)85-65(100)52(31-40(3)4)87-67(102)54(34-43-16-10-7-11-17-43)82-57(92)37-78-56(91)36-80-61(96)48(70)32-44-20-24-46(89)25-21-44/h6-11,14-17,20-27,39-41,48-55,89-90H,12-13,18-19,28-38,70H2,1-5H3,(H2,71,94)(H,78,91)(H,79,95)(H,80,96)(H,81,99)(H,82,92)(H,83,93)(H,84,97)(H,85,100)(H,86,101)(H,87,102)(H,88,98)(H4,72,73,76)(H4,74,75,77)/t41-,48+,49+,50+,51+,52+,53+,54+,55+/m1/s1. The number of nitrogens with one attached hydrogen (secondary N) is 11. The number of guanidine groups is 2. The molecule has 0 aliphatic heterocycles. The predicted octanol–water partition coefficient (Wildman–Crippen LogP) is -3.37. The number of rotatable bonds is 43. The normalized spacial score (nSPS) is 13.6. The number of nitrogens with two attached hydrogens (primary N) is 6. The van der Waals surface area contributed by atoms with Crippen molar-refractivity contribution in [3.05, 3.63) is 131 Å². The molecule has 554 valence electrons. The number of carbonyl (C=O) groups excluding carboxylic acids is 12. The second-order valence-corrected chi connectivity index (χ2v) is 25.3. The van der Waals surface area contributed by atoms with Gasteiger partial charge in [0.1, 0.15) is 59.8 Å². The Hall–Kier alpha value is -11.4. The van der Waals surface area contributed by atoms with Gasteiger partial charge in [-0.2, -0.15) is 0 Å². The molecule has 0 saturated carbocycles. The number of aliphatic imine (C=N–C) groups is 2. The first-order chi connectivity index (χ1) is 48.3. The van der Waals surface area contributed by atoms with Crippen molar-refractivity contribution in [3.8, 4) is 11.5 Å². The van der Waals surface area contributed by atoms with Gasteiger partial charge in [0.15, 0.2) is 11.9 Å². The molecule has 0 bridgehead atoms. The molecule has 0 unspecified atom stereocenters. The Bertz CT molecular complexity index is 3500. The highest BCUT2D eigenvalue weighted by Gasteiger charge is 2.35. The van der Waals surface area contributed by atoms with Crippen LogP contribution in [0.1, 0.15) is 95.4 Å². The Morgan fingerprint density at radius 3 is 1.13 bits per heavy atom. The summed E-state index contributed by atoms with van der Waals surface area (Å²) in [6.07, 6.45) is -0.178. The van der Waals surface area contributed by atoms with Crippen LogP contribution in [0.15, 0.2) is 119 Å². The zero-order chi connectivity index (χ0) is 75.4. The number of phenols is 2. The number of benzene rings is 4. The van der Waals surface area contributed by atoms with Gasteiger partial charge in [-0.05, 0) is 110 Å². The lowest BCUT2D eigenvalue weighted by Gasteiger charge is -2.28. The van der Waals surface area contributed by atoms with Crippen molar-refractivity contribution in [1.82, 2.24) is 58.5 Å². The Morgan fingerprint density at radius 1 is 0.363 bits per heavy atom. The van der Waals surface area contributed by atoms with Crippen molar-refractivity contribution in [1.29, 1.82) is 0 Å². The summed E-state index contributed by atoms with van der Waals surface area (Å²) in [5, 5.41) is 48.0. The third-order valence-electron chi connectivity index (χ3n) is 15.5. The molecule has 0 aliphatic carbocycles. The van der Waals surface area contributed by atoms with Gasteiger partial charge in [0.2, 0.25) is 70.9 Å². The Balaban J connectivity index is 1.55. The molecule has 0 spiro atoms. The van der Waals surface area contributed by atoms with Crippen LogP contribution in [0.25, 0.3) is 0 Å². The second-order valence-electron chi connectivity index (χ2n) is 25.3. The molecule has 4 aromatic rings. The highest BCUT2D eigenvalue weighted by molar-refractivity contribution is 5.99. The van der Waals surface area contributed by atoms with E-state index in [4.69, 9.17) is 34.4 Å². The Kier molecular flexibility index (Phi) is 35.2.